The molecule has 1 N–H and O–H groups in total. The van der Waals surface area contributed by atoms with Crippen molar-refractivity contribution in [3.8, 4) is 0 Å². The van der Waals surface area contributed by atoms with Crippen molar-refractivity contribution in [3.63, 3.8) is 0 Å². The maximum atomic E-state index is 12.0. The van der Waals surface area contributed by atoms with Crippen LogP contribution in [0.15, 0.2) is 0 Å². The van der Waals surface area contributed by atoms with Crippen molar-refractivity contribution in [3.05, 3.63) is 0 Å². The summed E-state index contributed by atoms with van der Waals surface area (Å²) in [6.45, 7) is 6.02. The SMILES string of the molecule is CCNC1(C(=O)OC)CCCC(N(C)CC)C1. The molecule has 0 heterocycles. The van der Waals surface area contributed by atoms with Crippen molar-refractivity contribution >= 4 is 5.97 Å². The lowest BCUT2D eigenvalue weighted by Gasteiger charge is -2.42. The van der Waals surface area contributed by atoms with Crippen molar-refractivity contribution in [2.75, 3.05) is 27.2 Å². The third-order valence-corrected chi connectivity index (χ3v) is 3.94. The molecule has 0 spiro atoms. The zero-order chi connectivity index (χ0) is 12.9. The Morgan fingerprint density at radius 2 is 2.24 bits per heavy atom. The van der Waals surface area contributed by atoms with Crippen LogP contribution in [0.1, 0.15) is 39.5 Å². The van der Waals surface area contributed by atoms with Crippen LogP contribution in [0.3, 0.4) is 0 Å². The second-order valence-electron chi connectivity index (χ2n) is 4.93. The molecule has 0 aromatic rings. The van der Waals surface area contributed by atoms with Gasteiger partial charge in [-0.2, -0.15) is 0 Å². The van der Waals surface area contributed by atoms with Crippen LogP contribution in [0.5, 0.6) is 0 Å². The van der Waals surface area contributed by atoms with Gasteiger partial charge in [0.05, 0.1) is 7.11 Å². The van der Waals surface area contributed by atoms with Gasteiger partial charge in [-0.05, 0) is 45.8 Å². The first-order valence-electron chi connectivity index (χ1n) is 6.63. The van der Waals surface area contributed by atoms with E-state index in [4.69, 9.17) is 4.74 Å². The monoisotopic (exact) mass is 242 g/mol. The molecule has 0 aromatic heterocycles. The summed E-state index contributed by atoms with van der Waals surface area (Å²) >= 11 is 0. The van der Waals surface area contributed by atoms with Gasteiger partial charge in [0.2, 0.25) is 0 Å². The van der Waals surface area contributed by atoms with Crippen LogP contribution in [-0.4, -0.2) is 49.7 Å². The van der Waals surface area contributed by atoms with Crippen LogP contribution in [0.25, 0.3) is 0 Å². The smallest absolute Gasteiger partial charge is 0.326 e. The molecule has 1 aliphatic carbocycles. The molecule has 100 valence electrons. The van der Waals surface area contributed by atoms with Crippen molar-refractivity contribution in [2.24, 2.45) is 0 Å². The highest BCUT2D eigenvalue weighted by molar-refractivity contribution is 5.81. The molecule has 0 aliphatic heterocycles. The number of hydrogen-bond acceptors (Lipinski definition) is 4. The number of esters is 1. The largest absolute Gasteiger partial charge is 0.468 e. The van der Waals surface area contributed by atoms with Gasteiger partial charge in [-0.15, -0.1) is 0 Å². The zero-order valence-corrected chi connectivity index (χ0v) is 11.6. The Kier molecular flexibility index (Phi) is 5.40. The predicted molar refractivity (Wildman–Crippen MR) is 69.0 cm³/mol. The number of methoxy groups -OCH3 is 1. The Hall–Kier alpha value is -0.610. The number of nitrogens with one attached hydrogen (secondary N) is 1. The Labute approximate surface area is 105 Å². The van der Waals surface area contributed by atoms with Crippen LogP contribution >= 0.6 is 0 Å². The van der Waals surface area contributed by atoms with Gasteiger partial charge in [0.1, 0.15) is 5.54 Å². The minimum Gasteiger partial charge on any atom is -0.468 e. The number of hydrogen-bond donors (Lipinski definition) is 1. The molecular weight excluding hydrogens is 216 g/mol. The maximum Gasteiger partial charge on any atom is 0.326 e. The topological polar surface area (TPSA) is 41.6 Å². The number of carbonyl (C=O) groups is 1. The second kappa shape index (κ2) is 6.36. The Morgan fingerprint density at radius 3 is 2.76 bits per heavy atom. The van der Waals surface area contributed by atoms with Gasteiger partial charge < -0.3 is 15.0 Å². The number of likely N-dealkylation sites (N-methyl/N-ethyl adjacent to an activating group) is 1. The van der Waals surface area contributed by atoms with E-state index in [1.165, 1.54) is 13.5 Å². The minimum atomic E-state index is -0.462. The molecule has 1 saturated carbocycles. The second-order valence-corrected chi connectivity index (χ2v) is 4.93. The normalized spacial score (nSPS) is 29.4. The van der Waals surface area contributed by atoms with Crippen LogP contribution in [0, 0.1) is 0 Å². The molecule has 1 aliphatic rings. The molecule has 0 saturated heterocycles. The predicted octanol–water partition coefficient (Wildman–Crippen LogP) is 1.40. The van der Waals surface area contributed by atoms with E-state index in [-0.39, 0.29) is 5.97 Å². The van der Waals surface area contributed by atoms with Crippen molar-refractivity contribution in [1.29, 1.82) is 0 Å². The van der Waals surface area contributed by atoms with Crippen LogP contribution in [0.4, 0.5) is 0 Å². The number of nitrogens with zero attached hydrogens (tertiary/aromatic N) is 1. The van der Waals surface area contributed by atoms with E-state index in [2.05, 4.69) is 24.2 Å². The molecule has 4 nitrogen and oxygen atoms in total. The van der Waals surface area contributed by atoms with E-state index in [1.54, 1.807) is 0 Å². The summed E-state index contributed by atoms with van der Waals surface area (Å²) in [5, 5.41) is 3.36. The van der Waals surface area contributed by atoms with Crippen molar-refractivity contribution in [2.45, 2.75) is 51.1 Å². The number of rotatable bonds is 5. The number of carbonyl (C=O) groups excluding carboxylic acids is 1. The molecule has 2 atom stereocenters. The summed E-state index contributed by atoms with van der Waals surface area (Å²) in [5.41, 5.74) is -0.462. The van der Waals surface area contributed by atoms with Crippen molar-refractivity contribution in [1.82, 2.24) is 10.2 Å². The maximum absolute atomic E-state index is 12.0. The first-order chi connectivity index (χ1) is 8.09. The highest BCUT2D eigenvalue weighted by Crippen LogP contribution is 2.31. The van der Waals surface area contributed by atoms with Gasteiger partial charge in [0.15, 0.2) is 0 Å². The molecule has 1 fully saturated rings. The van der Waals surface area contributed by atoms with E-state index >= 15 is 0 Å². The fraction of sp³-hybridized carbons (Fsp3) is 0.923. The van der Waals surface area contributed by atoms with E-state index in [0.717, 1.165) is 32.4 Å². The first kappa shape index (κ1) is 14.5. The molecule has 1 rings (SSSR count). The fourth-order valence-corrected chi connectivity index (χ4v) is 2.83. The molecule has 17 heavy (non-hydrogen) atoms. The first-order valence-corrected chi connectivity index (χ1v) is 6.63. The fourth-order valence-electron chi connectivity index (χ4n) is 2.83. The third kappa shape index (κ3) is 3.19. The van der Waals surface area contributed by atoms with Gasteiger partial charge in [-0.25, -0.2) is 0 Å². The molecule has 2 unspecified atom stereocenters. The molecule has 0 bridgehead atoms. The molecule has 0 radical (unpaired) electrons. The highest BCUT2D eigenvalue weighted by atomic mass is 16.5. The summed E-state index contributed by atoms with van der Waals surface area (Å²) < 4.78 is 4.99. The third-order valence-electron chi connectivity index (χ3n) is 3.94. The van der Waals surface area contributed by atoms with Gasteiger partial charge in [0.25, 0.3) is 0 Å². The average Bonchev–Trinajstić information content (AvgIpc) is 2.37. The molecule has 0 aromatic carbocycles. The summed E-state index contributed by atoms with van der Waals surface area (Å²) in [5.74, 6) is -0.103. The summed E-state index contributed by atoms with van der Waals surface area (Å²) in [4.78, 5) is 14.4. The van der Waals surface area contributed by atoms with Crippen LogP contribution in [-0.2, 0) is 9.53 Å². The summed E-state index contributed by atoms with van der Waals surface area (Å²) in [6.07, 6.45) is 4.00. The Bertz CT molecular complexity index is 254. The van der Waals surface area contributed by atoms with E-state index < -0.39 is 5.54 Å². The minimum absolute atomic E-state index is 0.103. The van der Waals surface area contributed by atoms with Gasteiger partial charge >= 0.3 is 5.97 Å². The standard InChI is InChI=1S/C13H26N2O2/c1-5-14-13(12(16)17-4)9-7-8-11(10-13)15(3)6-2/h11,14H,5-10H2,1-4H3. The van der Waals surface area contributed by atoms with Gasteiger partial charge in [0, 0.05) is 6.04 Å². The average molecular weight is 242 g/mol. The quantitative estimate of drug-likeness (QED) is 0.740. The van der Waals surface area contributed by atoms with Crippen molar-refractivity contribution < 1.29 is 9.53 Å². The molecule has 4 heteroatoms. The molecule has 0 amide bonds. The van der Waals surface area contributed by atoms with Crippen LogP contribution < -0.4 is 5.32 Å². The van der Waals surface area contributed by atoms with Crippen LogP contribution in [0.2, 0.25) is 0 Å². The summed E-state index contributed by atoms with van der Waals surface area (Å²) in [7, 11) is 3.61. The zero-order valence-electron chi connectivity index (χ0n) is 11.6. The Morgan fingerprint density at radius 1 is 1.53 bits per heavy atom. The Balaban J connectivity index is 2.79. The lowest BCUT2D eigenvalue weighted by atomic mass is 9.78. The lowest BCUT2D eigenvalue weighted by molar-refractivity contribution is -0.151. The lowest BCUT2D eigenvalue weighted by Crippen LogP contribution is -2.58. The number of ether oxygens (including phenoxy) is 1. The van der Waals surface area contributed by atoms with E-state index in [1.807, 2.05) is 6.92 Å². The van der Waals surface area contributed by atoms with Gasteiger partial charge in [-0.3, -0.25) is 4.79 Å². The molecular formula is C13H26N2O2. The van der Waals surface area contributed by atoms with Gasteiger partial charge in [-0.1, -0.05) is 13.8 Å². The highest BCUT2D eigenvalue weighted by Gasteiger charge is 2.43. The van der Waals surface area contributed by atoms with E-state index in [0.29, 0.717) is 6.04 Å². The van der Waals surface area contributed by atoms with E-state index in [9.17, 15) is 4.79 Å². The summed E-state index contributed by atoms with van der Waals surface area (Å²) in [6, 6.07) is 0.479.